The monoisotopic (exact) mass is 232 g/mol. The molecule has 0 spiro atoms. The molecule has 0 bridgehead atoms. The third-order valence-electron chi connectivity index (χ3n) is 2.32. The quantitative estimate of drug-likeness (QED) is 0.692. The molecule has 0 atom stereocenters. The molecule has 86 valence electrons. The molecule has 0 aromatic heterocycles. The van der Waals surface area contributed by atoms with E-state index < -0.39 is 0 Å². The summed E-state index contributed by atoms with van der Waals surface area (Å²) in [5.74, 6) is 11.7. The Morgan fingerprint density at radius 1 is 0.667 bits per heavy atom. The minimum atomic E-state index is -0.116. The molecule has 0 radical (unpaired) electrons. The number of aliphatic hydroxyl groups is 1. The van der Waals surface area contributed by atoms with E-state index in [9.17, 15) is 0 Å². The Morgan fingerprint density at radius 2 is 1.17 bits per heavy atom. The smallest absolute Gasteiger partial charge is 0.104 e. The fraction of sp³-hybridized carbons (Fsp3) is 0.0588. The van der Waals surface area contributed by atoms with Crippen molar-refractivity contribution in [1.29, 1.82) is 0 Å². The topological polar surface area (TPSA) is 20.2 Å². The van der Waals surface area contributed by atoms with Crippen LogP contribution in [-0.4, -0.2) is 11.7 Å². The summed E-state index contributed by atoms with van der Waals surface area (Å²) < 4.78 is 0. The van der Waals surface area contributed by atoms with E-state index in [0.29, 0.717) is 0 Å². The maximum Gasteiger partial charge on any atom is 0.104 e. The molecule has 0 aliphatic heterocycles. The van der Waals surface area contributed by atoms with Crippen molar-refractivity contribution in [3.8, 4) is 23.7 Å². The van der Waals surface area contributed by atoms with Crippen molar-refractivity contribution in [3.63, 3.8) is 0 Å². The maximum atomic E-state index is 8.60. The predicted molar refractivity (Wildman–Crippen MR) is 72.8 cm³/mol. The van der Waals surface area contributed by atoms with E-state index in [1.54, 1.807) is 0 Å². The van der Waals surface area contributed by atoms with Gasteiger partial charge in [0, 0.05) is 16.7 Å². The molecule has 2 rings (SSSR count). The van der Waals surface area contributed by atoms with E-state index in [2.05, 4.69) is 23.7 Å². The summed E-state index contributed by atoms with van der Waals surface area (Å²) >= 11 is 0. The van der Waals surface area contributed by atoms with Crippen LogP contribution in [0.1, 0.15) is 16.7 Å². The van der Waals surface area contributed by atoms with Gasteiger partial charge in [0.05, 0.1) is 0 Å². The van der Waals surface area contributed by atoms with E-state index in [1.807, 2.05) is 54.6 Å². The second-order valence-corrected chi connectivity index (χ2v) is 3.65. The first-order valence-corrected chi connectivity index (χ1v) is 5.65. The molecular weight excluding hydrogens is 220 g/mol. The Kier molecular flexibility index (Phi) is 4.20. The average molecular weight is 232 g/mol. The standard InChI is InChI=1S/C17H12O/c18-14-4-7-16-9-12-17(13-10-16)11-8-15-5-2-1-3-6-15/h1-3,5-6,9-10,12-13,18H,14H2. The van der Waals surface area contributed by atoms with Gasteiger partial charge in [-0.15, -0.1) is 0 Å². The lowest BCUT2D eigenvalue weighted by Crippen LogP contribution is -1.79. The number of aliphatic hydroxyl groups excluding tert-OH is 1. The molecule has 1 heteroatoms. The zero-order valence-electron chi connectivity index (χ0n) is 9.85. The van der Waals surface area contributed by atoms with Crippen LogP contribution < -0.4 is 0 Å². The highest BCUT2D eigenvalue weighted by Crippen LogP contribution is 2.02. The zero-order valence-corrected chi connectivity index (χ0v) is 9.85. The Bertz CT molecular complexity index is 617. The normalized spacial score (nSPS) is 8.72. The van der Waals surface area contributed by atoms with Crippen molar-refractivity contribution in [3.05, 3.63) is 71.3 Å². The third-order valence-corrected chi connectivity index (χ3v) is 2.32. The molecule has 2 aromatic carbocycles. The lowest BCUT2D eigenvalue weighted by molar-refractivity contribution is 0.350. The van der Waals surface area contributed by atoms with Gasteiger partial charge in [0.2, 0.25) is 0 Å². The number of hydrogen-bond acceptors (Lipinski definition) is 1. The predicted octanol–water partition coefficient (Wildman–Crippen LogP) is 2.43. The highest BCUT2D eigenvalue weighted by Gasteiger charge is 1.88. The fourth-order valence-electron chi connectivity index (χ4n) is 1.44. The lowest BCUT2D eigenvalue weighted by atomic mass is 10.1. The molecule has 18 heavy (non-hydrogen) atoms. The molecule has 0 heterocycles. The molecule has 0 amide bonds. The van der Waals surface area contributed by atoms with Crippen LogP contribution in [0.3, 0.4) is 0 Å². The van der Waals surface area contributed by atoms with Crippen LogP contribution in [0.4, 0.5) is 0 Å². The summed E-state index contributed by atoms with van der Waals surface area (Å²) in [5.41, 5.74) is 2.84. The summed E-state index contributed by atoms with van der Waals surface area (Å²) in [4.78, 5) is 0. The second kappa shape index (κ2) is 6.30. The summed E-state index contributed by atoms with van der Waals surface area (Å²) in [6, 6.07) is 17.5. The van der Waals surface area contributed by atoms with Gasteiger partial charge in [-0.25, -0.2) is 0 Å². The molecule has 0 aliphatic carbocycles. The maximum absolute atomic E-state index is 8.60. The van der Waals surface area contributed by atoms with Gasteiger partial charge >= 0.3 is 0 Å². The van der Waals surface area contributed by atoms with Gasteiger partial charge in [0.15, 0.2) is 0 Å². The number of benzene rings is 2. The Balaban J connectivity index is 2.14. The van der Waals surface area contributed by atoms with E-state index in [-0.39, 0.29) is 6.61 Å². The molecule has 0 aliphatic rings. The Morgan fingerprint density at radius 3 is 1.72 bits per heavy atom. The van der Waals surface area contributed by atoms with Crippen molar-refractivity contribution in [2.24, 2.45) is 0 Å². The Hall–Kier alpha value is -2.48. The first-order valence-electron chi connectivity index (χ1n) is 5.65. The van der Waals surface area contributed by atoms with Crippen molar-refractivity contribution >= 4 is 0 Å². The molecule has 0 saturated carbocycles. The van der Waals surface area contributed by atoms with Gasteiger partial charge in [-0.2, -0.15) is 0 Å². The highest BCUT2D eigenvalue weighted by atomic mass is 16.2. The van der Waals surface area contributed by atoms with Crippen LogP contribution in [0.5, 0.6) is 0 Å². The summed E-state index contributed by atoms with van der Waals surface area (Å²) in [7, 11) is 0. The zero-order chi connectivity index (χ0) is 12.6. The van der Waals surface area contributed by atoms with Crippen molar-refractivity contribution in [1.82, 2.24) is 0 Å². The van der Waals surface area contributed by atoms with E-state index in [1.165, 1.54) is 0 Å². The van der Waals surface area contributed by atoms with Gasteiger partial charge in [-0.05, 0) is 36.4 Å². The Labute approximate surface area is 107 Å². The minimum Gasteiger partial charge on any atom is -0.384 e. The van der Waals surface area contributed by atoms with E-state index in [4.69, 9.17) is 5.11 Å². The first-order chi connectivity index (χ1) is 8.88. The summed E-state index contributed by atoms with van der Waals surface area (Å²) in [6.07, 6.45) is 0. The van der Waals surface area contributed by atoms with Crippen molar-refractivity contribution in [2.45, 2.75) is 0 Å². The SMILES string of the molecule is OCC#Cc1ccc(C#Cc2ccccc2)cc1. The first kappa shape index (κ1) is 12.0. The van der Waals surface area contributed by atoms with Crippen LogP contribution in [0.15, 0.2) is 54.6 Å². The molecule has 1 nitrogen and oxygen atoms in total. The van der Waals surface area contributed by atoms with Gasteiger partial charge in [0.25, 0.3) is 0 Å². The van der Waals surface area contributed by atoms with E-state index >= 15 is 0 Å². The van der Waals surface area contributed by atoms with Gasteiger partial charge in [-0.1, -0.05) is 41.9 Å². The van der Waals surface area contributed by atoms with Crippen LogP contribution in [0.25, 0.3) is 0 Å². The van der Waals surface area contributed by atoms with Crippen LogP contribution in [-0.2, 0) is 0 Å². The van der Waals surface area contributed by atoms with Crippen molar-refractivity contribution in [2.75, 3.05) is 6.61 Å². The van der Waals surface area contributed by atoms with Gasteiger partial charge in [0.1, 0.15) is 6.61 Å². The molecule has 1 N–H and O–H groups in total. The molecular formula is C17H12O. The fourth-order valence-corrected chi connectivity index (χ4v) is 1.44. The van der Waals surface area contributed by atoms with Crippen LogP contribution in [0, 0.1) is 23.7 Å². The van der Waals surface area contributed by atoms with Crippen LogP contribution >= 0.6 is 0 Å². The highest BCUT2D eigenvalue weighted by molar-refractivity contribution is 5.45. The van der Waals surface area contributed by atoms with Gasteiger partial charge in [-0.3, -0.25) is 0 Å². The second-order valence-electron chi connectivity index (χ2n) is 3.65. The minimum absolute atomic E-state index is 0.116. The number of hydrogen-bond donors (Lipinski definition) is 1. The van der Waals surface area contributed by atoms with Crippen molar-refractivity contribution < 1.29 is 5.11 Å². The lowest BCUT2D eigenvalue weighted by Gasteiger charge is -1.92. The van der Waals surface area contributed by atoms with Crippen LogP contribution in [0.2, 0.25) is 0 Å². The largest absolute Gasteiger partial charge is 0.384 e. The third kappa shape index (κ3) is 3.52. The summed E-state index contributed by atoms with van der Waals surface area (Å²) in [5, 5.41) is 8.60. The van der Waals surface area contributed by atoms with Gasteiger partial charge < -0.3 is 5.11 Å². The molecule has 0 fully saturated rings. The molecule has 0 unspecified atom stereocenters. The average Bonchev–Trinajstić information content (AvgIpc) is 2.45. The molecule has 2 aromatic rings. The number of rotatable bonds is 0. The molecule has 0 saturated heterocycles. The summed E-state index contributed by atoms with van der Waals surface area (Å²) in [6.45, 7) is -0.116. The van der Waals surface area contributed by atoms with E-state index in [0.717, 1.165) is 16.7 Å².